The van der Waals surface area contributed by atoms with Gasteiger partial charge >= 0.3 is 6.36 Å². The van der Waals surface area contributed by atoms with Gasteiger partial charge in [-0.2, -0.15) is 0 Å². The van der Waals surface area contributed by atoms with Gasteiger partial charge in [-0.3, -0.25) is 4.79 Å². The molecule has 0 saturated heterocycles. The number of nitrogens with zero attached hydrogens (tertiary/aromatic N) is 5. The van der Waals surface area contributed by atoms with Crippen LogP contribution in [0, 0.1) is 12.7 Å². The van der Waals surface area contributed by atoms with Crippen LogP contribution in [0.25, 0.3) is 0 Å². The fraction of sp³-hybridized carbons (Fsp3) is 0.389. The molecule has 1 atom stereocenters. The van der Waals surface area contributed by atoms with Crippen molar-refractivity contribution in [3.8, 4) is 5.75 Å². The molecule has 3 aromatic rings. The Morgan fingerprint density at radius 3 is 2.75 bits per heavy atom. The summed E-state index contributed by atoms with van der Waals surface area (Å²) >= 11 is 1.39. The summed E-state index contributed by atoms with van der Waals surface area (Å²) in [6, 6.07) is 2.44. The second-order valence-corrected chi connectivity index (χ2v) is 7.93. The van der Waals surface area contributed by atoms with E-state index in [1.54, 1.807) is 6.92 Å². The highest BCUT2D eigenvalue weighted by Crippen LogP contribution is 2.24. The Balaban J connectivity index is 1.51. The highest BCUT2D eigenvalue weighted by Gasteiger charge is 2.31. The molecule has 3 rings (SSSR count). The maximum absolute atomic E-state index is 14.2. The molecule has 1 amide bonds. The fourth-order valence-electron chi connectivity index (χ4n) is 2.65. The Bertz CT molecular complexity index is 1070. The molecule has 2 aromatic heterocycles. The zero-order valence-corrected chi connectivity index (χ0v) is 17.4. The number of alkyl halides is 4. The summed E-state index contributed by atoms with van der Waals surface area (Å²) in [4.78, 5) is 12.2. The van der Waals surface area contributed by atoms with E-state index in [0.717, 1.165) is 32.9 Å². The molecule has 172 valence electrons. The molecule has 0 saturated carbocycles. The van der Waals surface area contributed by atoms with Crippen molar-refractivity contribution >= 4 is 17.2 Å². The quantitative estimate of drug-likeness (QED) is 0.476. The number of nitrogens with one attached hydrogen (secondary N) is 1. The van der Waals surface area contributed by atoms with Gasteiger partial charge in [0.1, 0.15) is 27.8 Å². The summed E-state index contributed by atoms with van der Waals surface area (Å²) < 4.78 is 69.8. The molecule has 1 unspecified atom stereocenters. The van der Waals surface area contributed by atoms with Gasteiger partial charge in [-0.25, -0.2) is 13.5 Å². The van der Waals surface area contributed by atoms with E-state index in [-0.39, 0.29) is 24.2 Å². The second kappa shape index (κ2) is 9.97. The van der Waals surface area contributed by atoms with Crippen LogP contribution >= 0.6 is 11.3 Å². The van der Waals surface area contributed by atoms with Gasteiger partial charge in [0.05, 0.1) is 12.7 Å². The van der Waals surface area contributed by atoms with Crippen molar-refractivity contribution in [2.24, 2.45) is 0 Å². The van der Waals surface area contributed by atoms with Crippen molar-refractivity contribution in [3.05, 3.63) is 51.5 Å². The Morgan fingerprint density at radius 2 is 2.06 bits per heavy atom. The highest BCUT2D eigenvalue weighted by molar-refractivity contribution is 7.11. The molecular formula is C18H17F5N6O2S. The first-order chi connectivity index (χ1) is 15.1. The molecule has 2 heterocycles. The van der Waals surface area contributed by atoms with Gasteiger partial charge < -0.3 is 10.1 Å². The normalized spacial score (nSPS) is 12.6. The van der Waals surface area contributed by atoms with Crippen LogP contribution in [-0.2, 0) is 19.5 Å². The highest BCUT2D eigenvalue weighted by atomic mass is 32.1. The van der Waals surface area contributed by atoms with Crippen molar-refractivity contribution in [2.75, 3.05) is 0 Å². The first-order valence-electron chi connectivity index (χ1n) is 9.24. The van der Waals surface area contributed by atoms with Gasteiger partial charge in [0.15, 0.2) is 5.69 Å². The lowest BCUT2D eigenvalue weighted by Gasteiger charge is -2.11. The van der Waals surface area contributed by atoms with Crippen LogP contribution < -0.4 is 10.1 Å². The van der Waals surface area contributed by atoms with Gasteiger partial charge in [-0.1, -0.05) is 5.21 Å². The molecule has 1 aromatic carbocycles. The topological polar surface area (TPSA) is 94.8 Å². The summed E-state index contributed by atoms with van der Waals surface area (Å²) in [7, 11) is 0. The average Bonchev–Trinajstić information content (AvgIpc) is 3.34. The van der Waals surface area contributed by atoms with E-state index < -0.39 is 36.6 Å². The Morgan fingerprint density at radius 1 is 1.28 bits per heavy atom. The number of rotatable bonds is 9. The number of aromatic nitrogens is 5. The summed E-state index contributed by atoms with van der Waals surface area (Å²) in [5, 5.41) is 18.9. The minimum Gasteiger partial charge on any atom is -0.406 e. The number of aryl methyl sites for hydroxylation is 2. The van der Waals surface area contributed by atoms with Gasteiger partial charge in [0.2, 0.25) is 0 Å². The molecule has 14 heteroatoms. The maximum atomic E-state index is 14.2. The van der Waals surface area contributed by atoms with Crippen LogP contribution in [0.5, 0.6) is 5.75 Å². The molecule has 0 aliphatic rings. The SMILES string of the molecule is Cc1nnc(CCC(F)Cn2cc(C(=O)NCc3cc(OC(F)(F)F)ccc3F)nn2)s1. The number of carbonyl (C=O) groups excluding carboxylic acids is 1. The van der Waals surface area contributed by atoms with Crippen LogP contribution in [0.2, 0.25) is 0 Å². The fourth-order valence-corrected chi connectivity index (χ4v) is 3.38. The van der Waals surface area contributed by atoms with Crippen LogP contribution in [0.3, 0.4) is 0 Å². The van der Waals surface area contributed by atoms with Crippen LogP contribution in [0.15, 0.2) is 24.4 Å². The monoisotopic (exact) mass is 476 g/mol. The lowest BCUT2D eigenvalue weighted by atomic mass is 10.2. The molecule has 0 radical (unpaired) electrons. The van der Waals surface area contributed by atoms with E-state index >= 15 is 0 Å². The summed E-state index contributed by atoms with van der Waals surface area (Å²) in [5.74, 6) is -2.20. The van der Waals surface area contributed by atoms with Crippen molar-refractivity contribution < 1.29 is 31.5 Å². The Labute approximate surface area is 182 Å². The number of amides is 1. The van der Waals surface area contributed by atoms with Crippen molar-refractivity contribution in [1.29, 1.82) is 0 Å². The molecular weight excluding hydrogens is 459 g/mol. The molecule has 8 nitrogen and oxygen atoms in total. The Kier molecular flexibility index (Phi) is 7.33. The molecule has 0 aliphatic heterocycles. The maximum Gasteiger partial charge on any atom is 0.573 e. The molecule has 1 N–H and O–H groups in total. The molecule has 0 aliphatic carbocycles. The standard InChI is InChI=1S/C18H17F5N6O2S/c1-10-25-27-16(32-10)5-2-12(19)8-29-9-15(26-28-29)17(30)24-7-11-6-13(3-4-14(11)20)31-18(21,22)23/h3-4,6,9,12H,2,5,7-8H2,1H3,(H,24,30). The predicted octanol–water partition coefficient (Wildman–Crippen LogP) is 3.38. The third kappa shape index (κ3) is 6.93. The minimum atomic E-state index is -4.93. The Hall–Kier alpha value is -3.16. The van der Waals surface area contributed by atoms with Crippen molar-refractivity contribution in [1.82, 2.24) is 30.5 Å². The van der Waals surface area contributed by atoms with Crippen LogP contribution in [-0.4, -0.2) is 43.6 Å². The number of ether oxygens (including phenoxy) is 1. The number of benzene rings is 1. The van der Waals surface area contributed by atoms with Gasteiger partial charge in [-0.15, -0.1) is 39.8 Å². The number of hydrogen-bond acceptors (Lipinski definition) is 7. The molecule has 32 heavy (non-hydrogen) atoms. The molecule has 0 spiro atoms. The van der Waals surface area contributed by atoms with Gasteiger partial charge in [0, 0.05) is 18.5 Å². The third-order valence-corrected chi connectivity index (χ3v) is 4.98. The zero-order chi connectivity index (χ0) is 23.3. The van der Waals surface area contributed by atoms with Crippen LogP contribution in [0.1, 0.15) is 32.5 Å². The van der Waals surface area contributed by atoms with E-state index in [1.165, 1.54) is 17.5 Å². The van der Waals surface area contributed by atoms with E-state index in [2.05, 4.69) is 30.6 Å². The van der Waals surface area contributed by atoms with Crippen molar-refractivity contribution in [2.45, 2.75) is 45.4 Å². The summed E-state index contributed by atoms with van der Waals surface area (Å²) in [6.07, 6.45) is -4.37. The smallest absolute Gasteiger partial charge is 0.406 e. The lowest BCUT2D eigenvalue weighted by molar-refractivity contribution is -0.274. The van der Waals surface area contributed by atoms with E-state index in [0.29, 0.717) is 6.42 Å². The molecule has 0 fully saturated rings. The summed E-state index contributed by atoms with van der Waals surface area (Å²) in [5.41, 5.74) is -0.372. The minimum absolute atomic E-state index is 0.135. The van der Waals surface area contributed by atoms with E-state index in [9.17, 15) is 26.7 Å². The summed E-state index contributed by atoms with van der Waals surface area (Å²) in [6.45, 7) is 1.25. The van der Waals surface area contributed by atoms with E-state index in [4.69, 9.17) is 0 Å². The third-order valence-electron chi connectivity index (χ3n) is 4.09. The molecule has 0 bridgehead atoms. The second-order valence-electron chi connectivity index (χ2n) is 6.66. The largest absolute Gasteiger partial charge is 0.573 e. The van der Waals surface area contributed by atoms with Crippen LogP contribution in [0.4, 0.5) is 22.0 Å². The van der Waals surface area contributed by atoms with Crippen molar-refractivity contribution in [3.63, 3.8) is 0 Å². The lowest BCUT2D eigenvalue weighted by Crippen LogP contribution is -2.24. The number of halogens is 5. The van der Waals surface area contributed by atoms with Gasteiger partial charge in [-0.05, 0) is 31.5 Å². The predicted molar refractivity (Wildman–Crippen MR) is 102 cm³/mol. The average molecular weight is 476 g/mol. The number of carbonyl (C=O) groups is 1. The first kappa shape index (κ1) is 23.5. The zero-order valence-electron chi connectivity index (χ0n) is 16.6. The van der Waals surface area contributed by atoms with Gasteiger partial charge in [0.25, 0.3) is 5.91 Å². The first-order valence-corrected chi connectivity index (χ1v) is 10.1. The van der Waals surface area contributed by atoms with E-state index in [1.807, 2.05) is 0 Å². The number of hydrogen-bond donors (Lipinski definition) is 1.